The molecule has 1 aliphatic heterocycles. The number of benzene rings is 2. The fourth-order valence-corrected chi connectivity index (χ4v) is 3.17. The van der Waals surface area contributed by atoms with Crippen LogP contribution in [0.3, 0.4) is 0 Å². The summed E-state index contributed by atoms with van der Waals surface area (Å²) in [4.78, 5) is 12.4. The van der Waals surface area contributed by atoms with E-state index in [1.807, 2.05) is 12.2 Å². The topological polar surface area (TPSA) is 52.9 Å². The quantitative estimate of drug-likeness (QED) is 0.793. The maximum atomic E-state index is 14.1. The zero-order chi connectivity index (χ0) is 19.8. The number of nitrogens with one attached hydrogen (secondary N) is 1. The van der Waals surface area contributed by atoms with Crippen molar-refractivity contribution in [1.82, 2.24) is 5.32 Å². The van der Waals surface area contributed by atoms with E-state index in [4.69, 9.17) is 0 Å². The Morgan fingerprint density at radius 1 is 1.15 bits per heavy atom. The van der Waals surface area contributed by atoms with E-state index in [2.05, 4.69) is 0 Å². The Bertz CT molecular complexity index is 971. The number of hydrogen-bond acceptors (Lipinski definition) is 2. The first-order valence-electron chi connectivity index (χ1n) is 8.03. The van der Waals surface area contributed by atoms with Gasteiger partial charge in [-0.1, -0.05) is 42.0 Å². The highest BCUT2D eigenvalue weighted by atomic mass is 19.4. The van der Waals surface area contributed by atoms with Crippen molar-refractivity contribution in [2.24, 2.45) is 0 Å². The minimum atomic E-state index is -4.91. The predicted molar refractivity (Wildman–Crippen MR) is 90.6 cm³/mol. The zero-order valence-corrected chi connectivity index (χ0v) is 14.2. The van der Waals surface area contributed by atoms with Crippen LogP contribution in [0.15, 0.2) is 54.1 Å². The number of halogens is 4. The zero-order valence-electron chi connectivity index (χ0n) is 14.2. The number of alkyl halides is 3. The van der Waals surface area contributed by atoms with Crippen molar-refractivity contribution in [2.75, 3.05) is 0 Å². The van der Waals surface area contributed by atoms with Crippen molar-refractivity contribution >= 4 is 11.5 Å². The van der Waals surface area contributed by atoms with Crippen LogP contribution < -0.4 is 5.32 Å². The van der Waals surface area contributed by atoms with E-state index in [0.717, 1.165) is 29.8 Å². The average Bonchev–Trinajstić information content (AvgIpc) is 2.60. The van der Waals surface area contributed by atoms with Crippen LogP contribution in [0.4, 0.5) is 17.6 Å². The number of hydrogen-bond donors (Lipinski definition) is 1. The van der Waals surface area contributed by atoms with E-state index in [-0.39, 0.29) is 11.1 Å². The normalized spacial score (nSPS) is 20.2. The Labute approximate surface area is 152 Å². The molecular weight excluding hydrogens is 360 g/mol. The lowest BCUT2D eigenvalue weighted by Crippen LogP contribution is -2.58. The van der Waals surface area contributed by atoms with E-state index in [1.54, 1.807) is 30.3 Å². The highest BCUT2D eigenvalue weighted by Crippen LogP contribution is 2.48. The van der Waals surface area contributed by atoms with Crippen LogP contribution in [-0.4, -0.2) is 12.1 Å². The molecular formula is C20H14F4N2O. The molecule has 7 heteroatoms. The van der Waals surface area contributed by atoms with E-state index >= 15 is 0 Å². The van der Waals surface area contributed by atoms with Crippen LogP contribution in [0.2, 0.25) is 0 Å². The van der Waals surface area contributed by atoms with E-state index in [9.17, 15) is 27.6 Å². The van der Waals surface area contributed by atoms with Crippen molar-refractivity contribution < 1.29 is 22.4 Å². The summed E-state index contributed by atoms with van der Waals surface area (Å²) in [6.07, 6.45) is -5.62. The second kappa shape index (κ2) is 6.54. The number of nitrogens with zero attached hydrogens (tertiary/aromatic N) is 1. The molecule has 2 aromatic rings. The highest BCUT2D eigenvalue weighted by Gasteiger charge is 2.59. The van der Waals surface area contributed by atoms with Gasteiger partial charge >= 0.3 is 6.18 Å². The fraction of sp³-hybridized carbons (Fsp3) is 0.200. The lowest BCUT2D eigenvalue weighted by atomic mass is 9.76. The van der Waals surface area contributed by atoms with Gasteiger partial charge in [0, 0.05) is 6.42 Å². The first-order valence-corrected chi connectivity index (χ1v) is 8.03. The van der Waals surface area contributed by atoms with Crippen molar-refractivity contribution in [3.05, 3.63) is 76.6 Å². The third-order valence-corrected chi connectivity index (χ3v) is 4.61. The molecule has 0 bridgehead atoms. The van der Waals surface area contributed by atoms with E-state index < -0.39 is 35.4 Å². The monoisotopic (exact) mass is 374 g/mol. The van der Waals surface area contributed by atoms with E-state index in [0.29, 0.717) is 5.56 Å². The molecule has 1 unspecified atom stereocenters. The standard InChI is InChI=1S/C20H14F4N2O/c1-12-5-7-13(8-6-12)16-10-19(20(22,23)24,26-18(27)17(16)11-25)14-3-2-4-15(21)9-14/h2-9H,10H2,1H3,(H,26,27). The van der Waals surface area contributed by atoms with E-state index in [1.165, 1.54) is 0 Å². The number of carbonyl (C=O) groups is 1. The largest absolute Gasteiger partial charge is 0.416 e. The summed E-state index contributed by atoms with van der Waals surface area (Å²) in [6, 6.07) is 12.2. The summed E-state index contributed by atoms with van der Waals surface area (Å²) in [5.74, 6) is -1.99. The lowest BCUT2D eigenvalue weighted by molar-refractivity contribution is -0.201. The number of nitriles is 1. The minimum Gasteiger partial charge on any atom is -0.333 e. The second-order valence-electron chi connectivity index (χ2n) is 6.38. The fourth-order valence-electron chi connectivity index (χ4n) is 3.17. The summed E-state index contributed by atoms with van der Waals surface area (Å²) in [6.45, 7) is 1.81. The van der Waals surface area contributed by atoms with Gasteiger partial charge in [-0.05, 0) is 35.8 Å². The van der Waals surface area contributed by atoms with Crippen molar-refractivity contribution in [3.8, 4) is 6.07 Å². The maximum Gasteiger partial charge on any atom is 0.416 e. The summed E-state index contributed by atoms with van der Waals surface area (Å²) in [7, 11) is 0. The molecule has 1 amide bonds. The number of amides is 1. The van der Waals surface area contributed by atoms with Gasteiger partial charge in [-0.2, -0.15) is 18.4 Å². The minimum absolute atomic E-state index is 0.0252. The number of aryl methyl sites for hydroxylation is 1. The Morgan fingerprint density at radius 2 is 1.81 bits per heavy atom. The molecule has 27 heavy (non-hydrogen) atoms. The van der Waals surface area contributed by atoms with Gasteiger partial charge in [0.2, 0.25) is 0 Å². The molecule has 0 spiro atoms. The molecule has 0 saturated carbocycles. The molecule has 138 valence electrons. The Hall–Kier alpha value is -3.14. The SMILES string of the molecule is Cc1ccc(C2=C(C#N)C(=O)NC(c3cccc(F)c3)(C(F)(F)F)C2)cc1. The average molecular weight is 374 g/mol. The van der Waals surface area contributed by atoms with Gasteiger partial charge in [-0.15, -0.1) is 0 Å². The smallest absolute Gasteiger partial charge is 0.333 e. The number of carbonyl (C=O) groups excluding carboxylic acids is 1. The lowest BCUT2D eigenvalue weighted by Gasteiger charge is -2.40. The van der Waals surface area contributed by atoms with Crippen LogP contribution in [-0.2, 0) is 10.3 Å². The third-order valence-electron chi connectivity index (χ3n) is 4.61. The van der Waals surface area contributed by atoms with Gasteiger partial charge in [0.25, 0.3) is 5.91 Å². The van der Waals surface area contributed by atoms with Gasteiger partial charge in [0.1, 0.15) is 17.5 Å². The third kappa shape index (κ3) is 3.19. The second-order valence-corrected chi connectivity index (χ2v) is 6.38. The molecule has 0 fully saturated rings. The van der Waals surface area contributed by atoms with Gasteiger partial charge in [-0.25, -0.2) is 4.39 Å². The molecule has 2 aromatic carbocycles. The molecule has 3 rings (SSSR count). The van der Waals surface area contributed by atoms with Crippen LogP contribution in [0.25, 0.3) is 5.57 Å². The van der Waals surface area contributed by atoms with Crippen molar-refractivity contribution in [1.29, 1.82) is 5.26 Å². The molecule has 0 aromatic heterocycles. The van der Waals surface area contributed by atoms with Crippen LogP contribution in [0.1, 0.15) is 23.1 Å². The first kappa shape index (κ1) is 18.6. The van der Waals surface area contributed by atoms with Gasteiger partial charge in [0.05, 0.1) is 0 Å². The van der Waals surface area contributed by atoms with Crippen LogP contribution in [0.5, 0.6) is 0 Å². The molecule has 1 N–H and O–H groups in total. The molecule has 0 radical (unpaired) electrons. The van der Waals surface area contributed by atoms with Crippen molar-refractivity contribution in [2.45, 2.75) is 25.1 Å². The predicted octanol–water partition coefficient (Wildman–Crippen LogP) is 4.39. The summed E-state index contributed by atoms with van der Waals surface area (Å²) in [5, 5.41) is 11.2. The molecule has 0 saturated heterocycles. The highest BCUT2D eigenvalue weighted by molar-refractivity contribution is 6.07. The van der Waals surface area contributed by atoms with Crippen molar-refractivity contribution in [3.63, 3.8) is 0 Å². The summed E-state index contributed by atoms with van der Waals surface area (Å²) >= 11 is 0. The Balaban J connectivity index is 2.24. The maximum absolute atomic E-state index is 14.1. The Kier molecular flexibility index (Phi) is 4.52. The first-order chi connectivity index (χ1) is 12.7. The Morgan fingerprint density at radius 3 is 2.37 bits per heavy atom. The van der Waals surface area contributed by atoms with Crippen LogP contribution >= 0.6 is 0 Å². The molecule has 3 nitrogen and oxygen atoms in total. The van der Waals surface area contributed by atoms with Crippen LogP contribution in [0, 0.1) is 24.1 Å². The molecule has 1 aliphatic rings. The van der Waals surface area contributed by atoms with Gasteiger partial charge < -0.3 is 5.32 Å². The molecule has 0 aliphatic carbocycles. The van der Waals surface area contributed by atoms with Gasteiger partial charge in [0.15, 0.2) is 5.54 Å². The van der Waals surface area contributed by atoms with Gasteiger partial charge in [-0.3, -0.25) is 4.79 Å². The summed E-state index contributed by atoms with van der Waals surface area (Å²) in [5.41, 5.74) is -2.43. The molecule has 1 atom stereocenters. The summed E-state index contributed by atoms with van der Waals surface area (Å²) < 4.78 is 56.0. The molecule has 1 heterocycles. The number of rotatable bonds is 2.